The Hall–Kier alpha value is -2.90. The van der Waals surface area contributed by atoms with Crippen LogP contribution >= 0.6 is 23.2 Å². The number of carbonyl (C=O) groups is 1. The number of imidazole rings is 1. The number of nitrogens with one attached hydrogen (secondary N) is 2. The smallest absolute Gasteiger partial charge is 0.257 e. The first-order valence-corrected chi connectivity index (χ1v) is 11.7. The Morgan fingerprint density at radius 2 is 2.00 bits per heavy atom. The van der Waals surface area contributed by atoms with E-state index in [1.165, 1.54) is 36.4 Å². The molecule has 8 nitrogen and oxygen atoms in total. The van der Waals surface area contributed by atoms with Crippen molar-refractivity contribution >= 4 is 44.8 Å². The lowest BCUT2D eigenvalue weighted by atomic mass is 10.2. The zero-order valence-corrected chi connectivity index (χ0v) is 19.3. The van der Waals surface area contributed by atoms with E-state index in [2.05, 4.69) is 15.0 Å². The van der Waals surface area contributed by atoms with Gasteiger partial charge in [-0.1, -0.05) is 23.2 Å². The fraction of sp³-hybridized carbons (Fsp3) is 0.190. The second kappa shape index (κ2) is 10.1. The van der Waals surface area contributed by atoms with Crippen LogP contribution in [0.4, 0.5) is 5.69 Å². The van der Waals surface area contributed by atoms with E-state index >= 15 is 0 Å². The van der Waals surface area contributed by atoms with Crippen molar-refractivity contribution in [2.45, 2.75) is 24.8 Å². The minimum absolute atomic E-state index is 0.0259. The fourth-order valence-electron chi connectivity index (χ4n) is 2.95. The van der Waals surface area contributed by atoms with E-state index in [9.17, 15) is 18.5 Å². The van der Waals surface area contributed by atoms with E-state index < -0.39 is 15.9 Å². The number of hydrogen-bond acceptors (Lipinski definition) is 5. The molecule has 3 aromatic rings. The van der Waals surface area contributed by atoms with Gasteiger partial charge in [0.05, 0.1) is 27.9 Å². The summed E-state index contributed by atoms with van der Waals surface area (Å²) in [5, 5.41) is 12.2. The molecular formula is C21H19Cl2N5O3S. The predicted octanol–water partition coefficient (Wildman–Crippen LogP) is 3.99. The average molecular weight is 492 g/mol. The first-order chi connectivity index (χ1) is 15.2. The van der Waals surface area contributed by atoms with Crippen LogP contribution in [0.1, 0.15) is 28.2 Å². The summed E-state index contributed by atoms with van der Waals surface area (Å²) in [4.78, 5) is 16.6. The predicted molar refractivity (Wildman–Crippen MR) is 122 cm³/mol. The number of rotatable bonds is 8. The van der Waals surface area contributed by atoms with Crippen molar-refractivity contribution in [2.24, 2.45) is 0 Å². The molecular weight excluding hydrogens is 473 g/mol. The maximum atomic E-state index is 12.9. The molecule has 0 aliphatic rings. The van der Waals surface area contributed by atoms with Crippen molar-refractivity contribution in [1.29, 1.82) is 5.26 Å². The van der Waals surface area contributed by atoms with Gasteiger partial charge >= 0.3 is 0 Å². The summed E-state index contributed by atoms with van der Waals surface area (Å²) in [7, 11) is -4.01. The van der Waals surface area contributed by atoms with Gasteiger partial charge in [0, 0.05) is 30.5 Å². The highest BCUT2D eigenvalue weighted by atomic mass is 35.5. The molecule has 2 N–H and O–H groups in total. The molecule has 0 spiro atoms. The fourth-order valence-corrected chi connectivity index (χ4v) is 4.71. The summed E-state index contributed by atoms with van der Waals surface area (Å²) >= 11 is 11.9. The molecule has 0 saturated heterocycles. The Kier molecular flexibility index (Phi) is 7.53. The second-order valence-electron chi connectivity index (χ2n) is 6.82. The van der Waals surface area contributed by atoms with Crippen LogP contribution in [0.2, 0.25) is 10.0 Å². The maximum Gasteiger partial charge on any atom is 0.257 e. The number of nitrogens with zero attached hydrogens (tertiary/aromatic N) is 3. The zero-order chi connectivity index (χ0) is 23.3. The standard InChI is InChI=1S/C21H19Cl2N5O3S/c1-14-25-8-10-28(14)9-2-7-26-32(30,31)20-11-15(13-24)3-6-19(20)27-21(29)17-5-4-16(22)12-18(17)23/h3-6,8,10-12,26H,2,7,9H2,1H3,(H,27,29). The van der Waals surface area contributed by atoms with Gasteiger partial charge in [-0.05, 0) is 49.7 Å². The normalized spacial score (nSPS) is 11.2. The first kappa shape index (κ1) is 23.8. The number of aromatic nitrogens is 2. The highest BCUT2D eigenvalue weighted by molar-refractivity contribution is 7.89. The quantitative estimate of drug-likeness (QED) is 0.461. The van der Waals surface area contributed by atoms with E-state index in [0.29, 0.717) is 18.0 Å². The molecule has 0 radical (unpaired) electrons. The van der Waals surface area contributed by atoms with E-state index in [0.717, 1.165) is 5.82 Å². The first-order valence-electron chi connectivity index (χ1n) is 9.49. The number of hydrogen-bond donors (Lipinski definition) is 2. The minimum Gasteiger partial charge on any atom is -0.335 e. The van der Waals surface area contributed by atoms with Gasteiger partial charge in [-0.3, -0.25) is 4.79 Å². The van der Waals surface area contributed by atoms with Crippen LogP contribution < -0.4 is 10.0 Å². The Bertz CT molecular complexity index is 1300. The van der Waals surface area contributed by atoms with E-state index in [4.69, 9.17) is 23.2 Å². The van der Waals surface area contributed by atoms with Crippen LogP contribution in [0.5, 0.6) is 0 Å². The highest BCUT2D eigenvalue weighted by Gasteiger charge is 2.21. The van der Waals surface area contributed by atoms with E-state index in [1.54, 1.807) is 6.20 Å². The van der Waals surface area contributed by atoms with Gasteiger partial charge in [-0.15, -0.1) is 0 Å². The molecule has 11 heteroatoms. The number of benzene rings is 2. The van der Waals surface area contributed by atoms with Crippen molar-refractivity contribution in [3.63, 3.8) is 0 Å². The van der Waals surface area contributed by atoms with E-state index in [1.807, 2.05) is 23.8 Å². The number of aryl methyl sites for hydroxylation is 2. The SMILES string of the molecule is Cc1nccn1CCCNS(=O)(=O)c1cc(C#N)ccc1NC(=O)c1ccc(Cl)cc1Cl. The molecule has 0 atom stereocenters. The largest absolute Gasteiger partial charge is 0.335 e. The Morgan fingerprint density at radius 3 is 2.66 bits per heavy atom. The Morgan fingerprint density at radius 1 is 1.22 bits per heavy atom. The molecule has 2 aromatic carbocycles. The molecule has 0 aliphatic carbocycles. The van der Waals surface area contributed by atoms with Gasteiger partial charge < -0.3 is 9.88 Å². The molecule has 32 heavy (non-hydrogen) atoms. The van der Waals surface area contributed by atoms with Gasteiger partial charge in [0.1, 0.15) is 10.7 Å². The number of nitriles is 1. The number of anilines is 1. The summed E-state index contributed by atoms with van der Waals surface area (Å²) in [6.45, 7) is 2.61. The Labute approximate surface area is 195 Å². The van der Waals surface area contributed by atoms with Crippen molar-refractivity contribution in [3.05, 3.63) is 75.8 Å². The third-order valence-electron chi connectivity index (χ3n) is 4.62. The molecule has 0 unspecified atom stereocenters. The summed E-state index contributed by atoms with van der Waals surface area (Å²) < 4.78 is 30.3. The third-order valence-corrected chi connectivity index (χ3v) is 6.66. The molecule has 3 rings (SSSR count). The van der Waals surface area contributed by atoms with E-state index in [-0.39, 0.29) is 33.3 Å². The summed E-state index contributed by atoms with van der Waals surface area (Å²) in [6.07, 6.45) is 4.01. The van der Waals surface area contributed by atoms with Crippen LogP contribution in [0.3, 0.4) is 0 Å². The van der Waals surface area contributed by atoms with Crippen LogP contribution in [-0.2, 0) is 16.6 Å². The summed E-state index contributed by atoms with van der Waals surface area (Å²) in [5.41, 5.74) is 0.298. The molecule has 166 valence electrons. The van der Waals surface area contributed by atoms with Gasteiger partial charge in [-0.2, -0.15) is 5.26 Å². The molecule has 0 bridgehead atoms. The monoisotopic (exact) mass is 491 g/mol. The van der Waals surface area contributed by atoms with Crippen molar-refractivity contribution in [1.82, 2.24) is 14.3 Å². The lowest BCUT2D eigenvalue weighted by molar-refractivity contribution is 0.102. The molecule has 0 aliphatic heterocycles. The topological polar surface area (TPSA) is 117 Å². The minimum atomic E-state index is -4.01. The molecule has 1 heterocycles. The lowest BCUT2D eigenvalue weighted by Crippen LogP contribution is -2.27. The van der Waals surface area contributed by atoms with Crippen molar-refractivity contribution in [2.75, 3.05) is 11.9 Å². The van der Waals surface area contributed by atoms with Gasteiger partial charge in [0.2, 0.25) is 10.0 Å². The Balaban J connectivity index is 1.79. The van der Waals surface area contributed by atoms with Crippen LogP contribution in [-0.4, -0.2) is 30.4 Å². The lowest BCUT2D eigenvalue weighted by Gasteiger charge is -2.14. The number of halogens is 2. The van der Waals surface area contributed by atoms with Crippen LogP contribution in [0.25, 0.3) is 0 Å². The molecule has 1 amide bonds. The van der Waals surface area contributed by atoms with Gasteiger partial charge in [0.15, 0.2) is 0 Å². The molecule has 0 fully saturated rings. The maximum absolute atomic E-state index is 12.9. The summed E-state index contributed by atoms with van der Waals surface area (Å²) in [5.74, 6) is 0.226. The van der Waals surface area contributed by atoms with Crippen LogP contribution in [0, 0.1) is 18.3 Å². The number of sulfonamides is 1. The van der Waals surface area contributed by atoms with Gasteiger partial charge in [-0.25, -0.2) is 18.1 Å². The van der Waals surface area contributed by atoms with Crippen molar-refractivity contribution < 1.29 is 13.2 Å². The summed E-state index contributed by atoms with van der Waals surface area (Å²) in [6, 6.07) is 10.3. The average Bonchev–Trinajstić information content (AvgIpc) is 3.16. The molecule has 0 saturated carbocycles. The number of carbonyl (C=O) groups excluding carboxylic acids is 1. The molecule has 1 aromatic heterocycles. The zero-order valence-electron chi connectivity index (χ0n) is 17.0. The number of amides is 1. The third kappa shape index (κ3) is 5.66. The second-order valence-corrected chi connectivity index (χ2v) is 9.40. The van der Waals surface area contributed by atoms with Gasteiger partial charge in [0.25, 0.3) is 5.91 Å². The van der Waals surface area contributed by atoms with Crippen LogP contribution in [0.15, 0.2) is 53.7 Å². The highest BCUT2D eigenvalue weighted by Crippen LogP contribution is 2.26. The van der Waals surface area contributed by atoms with Crippen molar-refractivity contribution in [3.8, 4) is 6.07 Å².